The highest BCUT2D eigenvalue weighted by Gasteiger charge is 2.32. The largest absolute Gasteiger partial charge is 0.486 e. The lowest BCUT2D eigenvalue weighted by atomic mass is 9.99. The number of hydrogen-bond donors (Lipinski definition) is 1. The molecule has 178 valence electrons. The van der Waals surface area contributed by atoms with E-state index in [0.29, 0.717) is 31.3 Å². The minimum Gasteiger partial charge on any atom is -0.486 e. The second-order valence-corrected chi connectivity index (χ2v) is 8.99. The molecule has 1 atom stereocenters. The Kier molecular flexibility index (Phi) is 8.15. The molecule has 1 heterocycles. The van der Waals surface area contributed by atoms with Crippen molar-refractivity contribution in [2.24, 2.45) is 11.7 Å². The lowest BCUT2D eigenvalue weighted by Gasteiger charge is -2.43. The molecular weight excluding hydrogens is 420 g/mol. The fourth-order valence-electron chi connectivity index (χ4n) is 4.58. The van der Waals surface area contributed by atoms with Gasteiger partial charge in [-0.15, -0.1) is 0 Å². The summed E-state index contributed by atoms with van der Waals surface area (Å²) < 4.78 is 36.5. The lowest BCUT2D eigenvalue weighted by molar-refractivity contribution is -0.137. The molecule has 0 spiro atoms. The van der Waals surface area contributed by atoms with E-state index >= 15 is 0 Å². The molecular formula is C23H33F2N3O4. The summed E-state index contributed by atoms with van der Waals surface area (Å²) in [5.41, 5.74) is 6.05. The molecule has 2 amide bonds. The first kappa shape index (κ1) is 24.1. The molecule has 0 radical (unpaired) electrons. The summed E-state index contributed by atoms with van der Waals surface area (Å²) in [6, 6.07) is 4.94. The van der Waals surface area contributed by atoms with E-state index in [1.54, 1.807) is 17.0 Å². The van der Waals surface area contributed by atoms with Crippen LogP contribution in [0.3, 0.4) is 0 Å². The highest BCUT2D eigenvalue weighted by molar-refractivity contribution is 5.96. The van der Waals surface area contributed by atoms with E-state index in [9.17, 15) is 18.4 Å². The number of amides is 2. The predicted octanol–water partition coefficient (Wildman–Crippen LogP) is 3.55. The molecule has 1 aromatic carbocycles. The van der Waals surface area contributed by atoms with Gasteiger partial charge < -0.3 is 25.0 Å². The minimum absolute atomic E-state index is 0.00207. The number of piperazine rings is 1. The van der Waals surface area contributed by atoms with Crippen LogP contribution in [0.5, 0.6) is 11.5 Å². The molecule has 2 fully saturated rings. The molecule has 1 saturated heterocycles. The Morgan fingerprint density at radius 1 is 1.16 bits per heavy atom. The normalized spacial score (nSPS) is 19.6. The van der Waals surface area contributed by atoms with Gasteiger partial charge in [-0.05, 0) is 50.2 Å². The van der Waals surface area contributed by atoms with Gasteiger partial charge in [0.05, 0.1) is 6.10 Å². The predicted molar refractivity (Wildman–Crippen MR) is 117 cm³/mol. The number of halogens is 2. The molecule has 2 N–H and O–H groups in total. The van der Waals surface area contributed by atoms with E-state index in [-0.39, 0.29) is 30.2 Å². The van der Waals surface area contributed by atoms with Crippen molar-refractivity contribution in [3.8, 4) is 11.5 Å². The van der Waals surface area contributed by atoms with Gasteiger partial charge >= 0.3 is 6.61 Å². The number of carbonyl (C=O) groups is 2. The number of anilines is 1. The van der Waals surface area contributed by atoms with E-state index in [1.165, 1.54) is 6.07 Å². The zero-order valence-corrected chi connectivity index (χ0v) is 18.8. The second-order valence-electron chi connectivity index (χ2n) is 8.99. The van der Waals surface area contributed by atoms with Crippen LogP contribution in [0.1, 0.15) is 52.4 Å². The van der Waals surface area contributed by atoms with E-state index in [4.69, 9.17) is 10.5 Å². The standard InChI is InChI=1S/C23H33F2N3O4/c1-15(2)11-17-14-27(9-10-28(17)22(30)13-21(26)29)16-7-8-19(32-23(24)25)20(12-16)31-18-5-3-4-6-18/h7-8,12,15,17-18,23H,3-6,9-11,13-14H2,1-2H3,(H2,26,29)/t17-/m0/s1. The Hall–Kier alpha value is -2.58. The van der Waals surface area contributed by atoms with E-state index in [0.717, 1.165) is 37.8 Å². The summed E-state index contributed by atoms with van der Waals surface area (Å²) in [7, 11) is 0. The molecule has 32 heavy (non-hydrogen) atoms. The Morgan fingerprint density at radius 2 is 1.88 bits per heavy atom. The van der Waals surface area contributed by atoms with Crippen LogP contribution in [0.4, 0.5) is 14.5 Å². The van der Waals surface area contributed by atoms with Gasteiger partial charge in [-0.3, -0.25) is 9.59 Å². The van der Waals surface area contributed by atoms with Crippen LogP contribution in [-0.2, 0) is 9.59 Å². The Labute approximate surface area is 187 Å². The summed E-state index contributed by atoms with van der Waals surface area (Å²) in [5.74, 6) is -0.184. The van der Waals surface area contributed by atoms with Crippen molar-refractivity contribution in [1.29, 1.82) is 0 Å². The molecule has 1 aromatic rings. The molecule has 0 unspecified atom stereocenters. The van der Waals surface area contributed by atoms with Crippen LogP contribution in [0.15, 0.2) is 18.2 Å². The third kappa shape index (κ3) is 6.46. The first-order valence-corrected chi connectivity index (χ1v) is 11.3. The maximum Gasteiger partial charge on any atom is 0.387 e. The van der Waals surface area contributed by atoms with Gasteiger partial charge in [0.15, 0.2) is 11.5 Å². The molecule has 1 aliphatic carbocycles. The van der Waals surface area contributed by atoms with Crippen molar-refractivity contribution < 1.29 is 27.8 Å². The SMILES string of the molecule is CC(C)C[C@H]1CN(c2ccc(OC(F)F)c(OC3CCCC3)c2)CCN1C(=O)CC(N)=O. The van der Waals surface area contributed by atoms with Crippen molar-refractivity contribution in [3.05, 3.63) is 18.2 Å². The van der Waals surface area contributed by atoms with E-state index in [2.05, 4.69) is 23.5 Å². The average molecular weight is 454 g/mol. The monoisotopic (exact) mass is 453 g/mol. The van der Waals surface area contributed by atoms with Gasteiger partial charge in [-0.25, -0.2) is 0 Å². The number of hydrogen-bond acceptors (Lipinski definition) is 5. The Bertz CT molecular complexity index is 799. The number of carbonyl (C=O) groups excluding carboxylic acids is 2. The number of nitrogens with zero attached hydrogens (tertiary/aromatic N) is 2. The van der Waals surface area contributed by atoms with Gasteiger partial charge in [-0.1, -0.05) is 13.8 Å². The van der Waals surface area contributed by atoms with E-state index < -0.39 is 12.5 Å². The highest BCUT2D eigenvalue weighted by Crippen LogP contribution is 2.37. The van der Waals surface area contributed by atoms with E-state index in [1.807, 2.05) is 0 Å². The van der Waals surface area contributed by atoms with Crippen molar-refractivity contribution >= 4 is 17.5 Å². The van der Waals surface area contributed by atoms with Crippen molar-refractivity contribution in [3.63, 3.8) is 0 Å². The van der Waals surface area contributed by atoms with Crippen LogP contribution < -0.4 is 20.1 Å². The molecule has 9 heteroatoms. The number of ether oxygens (including phenoxy) is 2. The van der Waals surface area contributed by atoms with Crippen molar-refractivity contribution in [2.75, 3.05) is 24.5 Å². The average Bonchev–Trinajstić information content (AvgIpc) is 3.21. The first-order chi connectivity index (χ1) is 15.2. The third-order valence-corrected chi connectivity index (χ3v) is 5.98. The number of benzene rings is 1. The summed E-state index contributed by atoms with van der Waals surface area (Å²) >= 11 is 0. The van der Waals surface area contributed by atoms with Gasteiger partial charge in [-0.2, -0.15) is 8.78 Å². The van der Waals surface area contributed by atoms with Crippen molar-refractivity contribution in [2.45, 2.75) is 71.1 Å². The van der Waals surface area contributed by atoms with Crippen LogP contribution in [0.2, 0.25) is 0 Å². The zero-order valence-electron chi connectivity index (χ0n) is 18.8. The molecule has 1 aliphatic heterocycles. The molecule has 7 nitrogen and oxygen atoms in total. The van der Waals surface area contributed by atoms with Crippen LogP contribution in [-0.4, -0.2) is 55.1 Å². The number of nitrogens with two attached hydrogens (primary N) is 1. The molecule has 0 aromatic heterocycles. The Balaban J connectivity index is 1.79. The third-order valence-electron chi connectivity index (χ3n) is 5.98. The summed E-state index contributed by atoms with van der Waals surface area (Å²) in [6.07, 6.45) is 4.40. The number of rotatable bonds is 9. The fourth-order valence-corrected chi connectivity index (χ4v) is 4.58. The van der Waals surface area contributed by atoms with Gasteiger partial charge in [0.1, 0.15) is 6.42 Å². The maximum atomic E-state index is 12.9. The van der Waals surface area contributed by atoms with Gasteiger partial charge in [0, 0.05) is 37.4 Å². The minimum atomic E-state index is -2.93. The second kappa shape index (κ2) is 10.8. The van der Waals surface area contributed by atoms with Gasteiger partial charge in [0.2, 0.25) is 11.8 Å². The Morgan fingerprint density at radius 3 is 2.50 bits per heavy atom. The topological polar surface area (TPSA) is 85.1 Å². The van der Waals surface area contributed by atoms with Crippen LogP contribution in [0.25, 0.3) is 0 Å². The van der Waals surface area contributed by atoms with Crippen LogP contribution in [0, 0.1) is 5.92 Å². The summed E-state index contributed by atoms with van der Waals surface area (Å²) in [6.45, 7) is 2.82. The smallest absolute Gasteiger partial charge is 0.387 e. The van der Waals surface area contributed by atoms with Crippen LogP contribution >= 0.6 is 0 Å². The molecule has 1 saturated carbocycles. The molecule has 3 rings (SSSR count). The molecule has 0 bridgehead atoms. The fraction of sp³-hybridized carbons (Fsp3) is 0.652. The zero-order chi connectivity index (χ0) is 23.3. The quantitative estimate of drug-likeness (QED) is 0.578. The summed E-state index contributed by atoms with van der Waals surface area (Å²) in [4.78, 5) is 27.6. The number of primary amides is 1. The highest BCUT2D eigenvalue weighted by atomic mass is 19.3. The van der Waals surface area contributed by atoms with Gasteiger partial charge in [0.25, 0.3) is 0 Å². The number of alkyl halides is 2. The summed E-state index contributed by atoms with van der Waals surface area (Å²) in [5, 5.41) is 0. The lowest BCUT2D eigenvalue weighted by Crippen LogP contribution is -2.56. The molecule has 2 aliphatic rings. The van der Waals surface area contributed by atoms with Crippen molar-refractivity contribution in [1.82, 2.24) is 4.90 Å². The first-order valence-electron chi connectivity index (χ1n) is 11.3. The maximum absolute atomic E-state index is 12.9.